The third-order valence-electron chi connectivity index (χ3n) is 2.27. The van der Waals surface area contributed by atoms with E-state index < -0.39 is 16.8 Å². The number of hydrogen-bond donors (Lipinski definition) is 2. The van der Waals surface area contributed by atoms with Gasteiger partial charge in [0.15, 0.2) is 0 Å². The Hall–Kier alpha value is -2.18. The number of nitrogens with one attached hydrogen (secondary N) is 1. The largest absolute Gasteiger partial charge is 0.481 e. The van der Waals surface area contributed by atoms with Crippen LogP contribution in [0, 0.1) is 16.0 Å². The lowest BCUT2D eigenvalue weighted by molar-refractivity contribution is -0.384. The van der Waals surface area contributed by atoms with Crippen molar-refractivity contribution in [1.29, 1.82) is 0 Å². The summed E-state index contributed by atoms with van der Waals surface area (Å²) in [5, 5.41) is 22.1. The van der Waals surface area contributed by atoms with E-state index in [1.54, 1.807) is 6.92 Å². The predicted octanol–water partition coefficient (Wildman–Crippen LogP) is 1.51. The first-order valence-corrected chi connectivity index (χ1v) is 5.08. The fraction of sp³-hybridized carbons (Fsp3) is 0.400. The molecule has 0 aliphatic heterocycles. The molecule has 7 heteroatoms. The maximum absolute atomic E-state index is 10.7. The van der Waals surface area contributed by atoms with Crippen LogP contribution in [-0.4, -0.2) is 27.5 Å². The molecular weight excluding hydrogens is 226 g/mol. The Labute approximate surface area is 97.6 Å². The van der Waals surface area contributed by atoms with Crippen molar-refractivity contribution >= 4 is 17.5 Å². The minimum Gasteiger partial charge on any atom is -0.481 e. The summed E-state index contributed by atoms with van der Waals surface area (Å²) in [6.07, 6.45) is 1.82. The monoisotopic (exact) mass is 239 g/mol. The number of pyridine rings is 1. The molecule has 0 saturated heterocycles. The lowest BCUT2D eigenvalue weighted by Crippen LogP contribution is -2.15. The molecule has 1 rings (SSSR count). The highest BCUT2D eigenvalue weighted by Crippen LogP contribution is 2.20. The molecular formula is C10H13N3O4. The van der Waals surface area contributed by atoms with Crippen LogP contribution in [0.25, 0.3) is 0 Å². The zero-order valence-electron chi connectivity index (χ0n) is 9.29. The Morgan fingerprint density at radius 3 is 3.00 bits per heavy atom. The third-order valence-corrected chi connectivity index (χ3v) is 2.27. The first-order chi connectivity index (χ1) is 8.02. The first kappa shape index (κ1) is 12.9. The van der Waals surface area contributed by atoms with Gasteiger partial charge in [-0.25, -0.2) is 4.98 Å². The van der Waals surface area contributed by atoms with E-state index >= 15 is 0 Å². The minimum atomic E-state index is -0.887. The van der Waals surface area contributed by atoms with Gasteiger partial charge in [-0.2, -0.15) is 0 Å². The minimum absolute atomic E-state index is 0.115. The van der Waals surface area contributed by atoms with E-state index in [4.69, 9.17) is 5.11 Å². The molecule has 0 bridgehead atoms. The second-order valence-electron chi connectivity index (χ2n) is 3.58. The zero-order chi connectivity index (χ0) is 12.8. The van der Waals surface area contributed by atoms with E-state index in [9.17, 15) is 14.9 Å². The summed E-state index contributed by atoms with van der Waals surface area (Å²) in [5.74, 6) is -1.22. The Kier molecular flexibility index (Phi) is 4.38. The van der Waals surface area contributed by atoms with Gasteiger partial charge in [0, 0.05) is 18.8 Å². The van der Waals surface area contributed by atoms with Gasteiger partial charge in [-0.05, 0) is 12.5 Å². The van der Waals surface area contributed by atoms with E-state index in [1.165, 1.54) is 18.3 Å². The summed E-state index contributed by atoms with van der Waals surface area (Å²) in [4.78, 5) is 24.5. The number of aliphatic carboxylic acids is 1. The number of rotatable bonds is 6. The van der Waals surface area contributed by atoms with Crippen molar-refractivity contribution in [2.24, 2.45) is 5.92 Å². The molecule has 0 saturated carbocycles. The third kappa shape index (κ3) is 3.71. The van der Waals surface area contributed by atoms with Crippen molar-refractivity contribution in [2.75, 3.05) is 11.9 Å². The lowest BCUT2D eigenvalue weighted by Gasteiger charge is -2.08. The van der Waals surface area contributed by atoms with Crippen LogP contribution in [-0.2, 0) is 4.79 Å². The molecule has 1 aromatic heterocycles. The topological polar surface area (TPSA) is 105 Å². The molecule has 7 nitrogen and oxygen atoms in total. The van der Waals surface area contributed by atoms with Crippen LogP contribution in [0.1, 0.15) is 13.3 Å². The predicted molar refractivity (Wildman–Crippen MR) is 60.8 cm³/mol. The highest BCUT2D eigenvalue weighted by molar-refractivity contribution is 5.69. The molecule has 0 radical (unpaired) electrons. The van der Waals surface area contributed by atoms with E-state index in [0.29, 0.717) is 13.0 Å². The Morgan fingerprint density at radius 2 is 2.41 bits per heavy atom. The van der Waals surface area contributed by atoms with Crippen LogP contribution in [0.15, 0.2) is 18.3 Å². The number of aromatic nitrogens is 1. The molecule has 0 aliphatic rings. The number of anilines is 1. The number of nitro groups is 1. The molecule has 1 unspecified atom stereocenters. The van der Waals surface area contributed by atoms with Gasteiger partial charge in [0.25, 0.3) is 0 Å². The second kappa shape index (κ2) is 5.78. The maximum atomic E-state index is 10.7. The number of carboxylic acids is 1. The summed E-state index contributed by atoms with van der Waals surface area (Å²) >= 11 is 0. The molecule has 0 aromatic carbocycles. The average molecular weight is 239 g/mol. The number of carbonyl (C=O) groups is 1. The van der Waals surface area contributed by atoms with Crippen molar-refractivity contribution < 1.29 is 14.8 Å². The van der Waals surface area contributed by atoms with Gasteiger partial charge in [-0.1, -0.05) is 6.92 Å². The van der Waals surface area contributed by atoms with Crippen LogP contribution < -0.4 is 5.32 Å². The van der Waals surface area contributed by atoms with Crippen LogP contribution in [0.5, 0.6) is 0 Å². The smallest absolute Gasteiger partial charge is 0.311 e. The summed E-state index contributed by atoms with van der Waals surface area (Å²) in [7, 11) is 0. The second-order valence-corrected chi connectivity index (χ2v) is 3.58. The summed E-state index contributed by atoms with van der Waals surface area (Å²) in [5.41, 5.74) is -0.115. The fourth-order valence-corrected chi connectivity index (χ4v) is 1.21. The van der Waals surface area contributed by atoms with Crippen LogP contribution >= 0.6 is 0 Å². The van der Waals surface area contributed by atoms with Crippen LogP contribution in [0.2, 0.25) is 0 Å². The zero-order valence-corrected chi connectivity index (χ0v) is 9.29. The Balaban J connectivity index is 2.58. The van der Waals surface area contributed by atoms with E-state index in [0.717, 1.165) is 0 Å². The molecule has 0 fully saturated rings. The van der Waals surface area contributed by atoms with Crippen molar-refractivity contribution in [2.45, 2.75) is 13.3 Å². The van der Waals surface area contributed by atoms with Gasteiger partial charge in [-0.3, -0.25) is 14.9 Å². The average Bonchev–Trinajstić information content (AvgIpc) is 2.29. The molecule has 1 heterocycles. The van der Waals surface area contributed by atoms with Crippen molar-refractivity contribution in [3.63, 3.8) is 0 Å². The Morgan fingerprint density at radius 1 is 1.71 bits per heavy atom. The summed E-state index contributed by atoms with van der Waals surface area (Å²) in [6, 6.07) is 2.82. The number of nitrogens with zero attached hydrogens (tertiary/aromatic N) is 2. The van der Waals surface area contributed by atoms with Crippen LogP contribution in [0.3, 0.4) is 0 Å². The molecule has 0 aliphatic carbocycles. The molecule has 17 heavy (non-hydrogen) atoms. The number of hydrogen-bond acceptors (Lipinski definition) is 5. The van der Waals surface area contributed by atoms with E-state index in [2.05, 4.69) is 10.3 Å². The van der Waals surface area contributed by atoms with Crippen LogP contribution in [0.4, 0.5) is 11.5 Å². The van der Waals surface area contributed by atoms with Crippen molar-refractivity contribution in [1.82, 2.24) is 4.98 Å². The number of carboxylic acid groups (broad SMARTS) is 1. The first-order valence-electron chi connectivity index (χ1n) is 5.08. The highest BCUT2D eigenvalue weighted by atomic mass is 16.6. The Bertz CT molecular complexity index is 422. The molecule has 2 N–H and O–H groups in total. The summed E-state index contributed by atoms with van der Waals surface area (Å²) in [6.45, 7) is 1.90. The molecule has 0 spiro atoms. The quantitative estimate of drug-likeness (QED) is 0.575. The molecule has 92 valence electrons. The van der Waals surface area contributed by atoms with Gasteiger partial charge >= 0.3 is 11.7 Å². The molecule has 1 aromatic rings. The molecule has 1 atom stereocenters. The van der Waals surface area contributed by atoms with E-state index in [1.807, 2.05) is 0 Å². The van der Waals surface area contributed by atoms with Crippen molar-refractivity contribution in [3.8, 4) is 0 Å². The van der Waals surface area contributed by atoms with Gasteiger partial charge in [0.1, 0.15) is 0 Å². The van der Waals surface area contributed by atoms with Gasteiger partial charge in [0.05, 0.1) is 10.8 Å². The maximum Gasteiger partial charge on any atom is 0.311 e. The molecule has 0 amide bonds. The van der Waals surface area contributed by atoms with Gasteiger partial charge in [-0.15, -0.1) is 0 Å². The summed E-state index contributed by atoms with van der Waals surface area (Å²) < 4.78 is 0. The van der Waals surface area contributed by atoms with Gasteiger partial charge in [0.2, 0.25) is 5.82 Å². The fourth-order valence-electron chi connectivity index (χ4n) is 1.21. The van der Waals surface area contributed by atoms with Crippen molar-refractivity contribution in [3.05, 3.63) is 28.4 Å². The van der Waals surface area contributed by atoms with Gasteiger partial charge < -0.3 is 10.4 Å². The standard InChI is InChI=1S/C10H13N3O4/c1-7(10(14)15)4-6-12-9-8(13(16)17)3-2-5-11-9/h2-3,5,7H,4,6H2,1H3,(H,11,12)(H,14,15). The lowest BCUT2D eigenvalue weighted by atomic mass is 10.1. The normalized spacial score (nSPS) is 11.8. The highest BCUT2D eigenvalue weighted by Gasteiger charge is 2.15. The SMILES string of the molecule is CC(CCNc1ncccc1[N+](=O)[O-])C(=O)O. The van der Waals surface area contributed by atoms with E-state index in [-0.39, 0.29) is 11.5 Å².